The Morgan fingerprint density at radius 1 is 1.70 bits per heavy atom. The molecule has 0 saturated heterocycles. The lowest BCUT2D eigenvalue weighted by atomic mass is 10.8. The molecule has 0 heterocycles. The molecule has 5 nitrogen and oxygen atoms in total. The summed E-state index contributed by atoms with van der Waals surface area (Å²) in [6.45, 7) is 1.50. The van der Waals surface area contributed by atoms with Crippen LogP contribution in [0.3, 0.4) is 0 Å². The van der Waals surface area contributed by atoms with Crippen LogP contribution in [0.2, 0.25) is 0 Å². The standard InChI is InChI=1S/C3H6O5P2/c1-2-3-10(6,7)8-9(4)5/h2-3H,1H3,(H-,4,5,6,7)/p+1. The number of allylic oxidation sites excluding steroid dienone is 1. The molecule has 0 aromatic rings. The molecule has 2 unspecified atom stereocenters. The zero-order valence-electron chi connectivity index (χ0n) is 5.17. The van der Waals surface area contributed by atoms with Gasteiger partial charge in [-0.15, -0.1) is 4.89 Å². The van der Waals surface area contributed by atoms with E-state index in [9.17, 15) is 9.13 Å². The van der Waals surface area contributed by atoms with Crippen LogP contribution < -0.4 is 0 Å². The maximum absolute atomic E-state index is 10.5. The van der Waals surface area contributed by atoms with Crippen molar-refractivity contribution in [1.29, 1.82) is 0 Å². The van der Waals surface area contributed by atoms with Gasteiger partial charge in [0.1, 0.15) is 0 Å². The third-order valence-electron chi connectivity index (χ3n) is 0.524. The summed E-state index contributed by atoms with van der Waals surface area (Å²) >= 11 is 0. The molecule has 0 aromatic carbocycles. The fourth-order valence-corrected chi connectivity index (χ4v) is 1.71. The van der Waals surface area contributed by atoms with E-state index >= 15 is 0 Å². The maximum Gasteiger partial charge on any atom is 0.703 e. The second-order valence-electron chi connectivity index (χ2n) is 1.37. The van der Waals surface area contributed by atoms with Gasteiger partial charge in [-0.05, 0) is 11.2 Å². The SMILES string of the molecule is CC=CP(=O)(O)O[P+](=O)O. The molecule has 0 fully saturated rings. The normalized spacial score (nSPS) is 18.9. The minimum atomic E-state index is -3.96. The Hall–Kier alpha value is -0.0500. The number of hydrogen-bond donors (Lipinski definition) is 2. The molecular weight excluding hydrogens is 178 g/mol. The van der Waals surface area contributed by atoms with E-state index in [2.05, 4.69) is 4.31 Å². The second kappa shape index (κ2) is 3.96. The summed E-state index contributed by atoms with van der Waals surface area (Å²) in [4.78, 5) is 16.6. The largest absolute Gasteiger partial charge is 0.703 e. The van der Waals surface area contributed by atoms with Crippen LogP contribution >= 0.6 is 15.9 Å². The molecule has 7 heteroatoms. The minimum Gasteiger partial charge on any atom is -0.319 e. The smallest absolute Gasteiger partial charge is 0.319 e. The van der Waals surface area contributed by atoms with Gasteiger partial charge >= 0.3 is 15.9 Å². The van der Waals surface area contributed by atoms with Crippen LogP contribution in [0.4, 0.5) is 0 Å². The molecule has 0 aromatic heterocycles. The average molecular weight is 185 g/mol. The maximum atomic E-state index is 10.5. The molecule has 0 aliphatic carbocycles. The molecule has 0 saturated carbocycles. The highest BCUT2D eigenvalue weighted by Gasteiger charge is 2.29. The Morgan fingerprint density at radius 2 is 2.20 bits per heavy atom. The fourth-order valence-electron chi connectivity index (χ4n) is 0.316. The van der Waals surface area contributed by atoms with Crippen LogP contribution in [-0.2, 0) is 13.4 Å². The third-order valence-corrected chi connectivity index (χ3v) is 2.69. The van der Waals surface area contributed by atoms with Crippen molar-refractivity contribution in [2.45, 2.75) is 6.92 Å². The van der Waals surface area contributed by atoms with Gasteiger partial charge in [0.2, 0.25) is 0 Å². The molecule has 2 N–H and O–H groups in total. The van der Waals surface area contributed by atoms with E-state index in [1.54, 1.807) is 0 Å². The van der Waals surface area contributed by atoms with Crippen LogP contribution in [-0.4, -0.2) is 9.79 Å². The molecule has 10 heavy (non-hydrogen) atoms. The highest BCUT2D eigenvalue weighted by atomic mass is 31.2. The van der Waals surface area contributed by atoms with E-state index < -0.39 is 15.9 Å². The number of hydrogen-bond acceptors (Lipinski definition) is 3. The van der Waals surface area contributed by atoms with E-state index in [0.29, 0.717) is 0 Å². The van der Waals surface area contributed by atoms with Gasteiger partial charge in [0.25, 0.3) is 0 Å². The zero-order valence-corrected chi connectivity index (χ0v) is 6.96. The molecule has 0 spiro atoms. The van der Waals surface area contributed by atoms with E-state index in [4.69, 9.17) is 9.79 Å². The van der Waals surface area contributed by atoms with Crippen LogP contribution in [0.15, 0.2) is 11.9 Å². The molecule has 0 aliphatic heterocycles. The first-order valence-electron chi connectivity index (χ1n) is 2.30. The molecule has 0 bridgehead atoms. The van der Waals surface area contributed by atoms with Crippen molar-refractivity contribution in [2.24, 2.45) is 0 Å². The first-order valence-corrected chi connectivity index (χ1v) is 5.08. The Balaban J connectivity index is 4.14. The lowest BCUT2D eigenvalue weighted by molar-refractivity contribution is 0.359. The monoisotopic (exact) mass is 185 g/mol. The van der Waals surface area contributed by atoms with Crippen LogP contribution in [0.5, 0.6) is 0 Å². The molecular formula is C3H7O5P2+. The minimum absolute atomic E-state index is 0.830. The third kappa shape index (κ3) is 4.79. The van der Waals surface area contributed by atoms with Gasteiger partial charge in [-0.2, -0.15) is 0 Å². The summed E-state index contributed by atoms with van der Waals surface area (Å²) in [6, 6.07) is 0. The van der Waals surface area contributed by atoms with Gasteiger partial charge in [0.05, 0.1) is 0 Å². The summed E-state index contributed by atoms with van der Waals surface area (Å²) in [5.74, 6) is 0.830. The Morgan fingerprint density at radius 3 is 2.50 bits per heavy atom. The van der Waals surface area contributed by atoms with Crippen molar-refractivity contribution in [3.8, 4) is 0 Å². The molecule has 0 radical (unpaired) electrons. The molecule has 58 valence electrons. The summed E-state index contributed by atoms with van der Waals surface area (Å²) in [7, 11) is -6.98. The van der Waals surface area contributed by atoms with Crippen molar-refractivity contribution in [3.63, 3.8) is 0 Å². The Kier molecular flexibility index (Phi) is 3.94. The van der Waals surface area contributed by atoms with Crippen molar-refractivity contribution in [1.82, 2.24) is 0 Å². The molecule has 2 atom stereocenters. The van der Waals surface area contributed by atoms with Crippen LogP contribution in [0, 0.1) is 0 Å². The Labute approximate surface area is 58.8 Å². The topological polar surface area (TPSA) is 83.8 Å². The number of rotatable bonds is 3. The second-order valence-corrected chi connectivity index (χ2v) is 3.92. The lowest BCUT2D eigenvalue weighted by Crippen LogP contribution is -1.74. The molecule has 0 aliphatic rings. The summed E-state index contributed by atoms with van der Waals surface area (Å²) in [5, 5.41) is 0. The van der Waals surface area contributed by atoms with Gasteiger partial charge in [0, 0.05) is 10.4 Å². The van der Waals surface area contributed by atoms with Gasteiger partial charge in [0.15, 0.2) is 0 Å². The quantitative estimate of drug-likeness (QED) is 0.648. The average Bonchev–Trinajstić information content (AvgIpc) is 1.59. The first-order chi connectivity index (χ1) is 4.48. The van der Waals surface area contributed by atoms with E-state index in [-0.39, 0.29) is 0 Å². The molecule has 0 rings (SSSR count). The summed E-state index contributed by atoms with van der Waals surface area (Å²) in [5.41, 5.74) is 0. The first kappa shape index (κ1) is 9.95. The predicted molar refractivity (Wildman–Crippen MR) is 35.5 cm³/mol. The highest BCUT2D eigenvalue weighted by molar-refractivity contribution is 7.62. The van der Waals surface area contributed by atoms with E-state index in [1.807, 2.05) is 0 Å². The van der Waals surface area contributed by atoms with Crippen LogP contribution in [0.25, 0.3) is 0 Å². The van der Waals surface area contributed by atoms with E-state index in [0.717, 1.165) is 5.82 Å². The summed E-state index contributed by atoms with van der Waals surface area (Å²) < 4.78 is 24.1. The van der Waals surface area contributed by atoms with Gasteiger partial charge < -0.3 is 4.89 Å². The van der Waals surface area contributed by atoms with E-state index in [1.165, 1.54) is 13.0 Å². The highest BCUT2D eigenvalue weighted by Crippen LogP contribution is 2.50. The zero-order chi connectivity index (χ0) is 8.20. The predicted octanol–water partition coefficient (Wildman–Crippen LogP) is 1.37. The van der Waals surface area contributed by atoms with Crippen molar-refractivity contribution in [2.75, 3.05) is 0 Å². The van der Waals surface area contributed by atoms with Crippen molar-refractivity contribution in [3.05, 3.63) is 11.9 Å². The lowest BCUT2D eigenvalue weighted by Gasteiger charge is -1.91. The fraction of sp³-hybridized carbons (Fsp3) is 0.333. The van der Waals surface area contributed by atoms with Gasteiger partial charge in [-0.3, -0.25) is 4.57 Å². The Bertz CT molecular complexity index is 197. The van der Waals surface area contributed by atoms with Gasteiger partial charge in [-0.1, -0.05) is 6.08 Å². The van der Waals surface area contributed by atoms with Gasteiger partial charge in [-0.25, -0.2) is 0 Å². The van der Waals surface area contributed by atoms with Crippen LogP contribution in [0.1, 0.15) is 6.92 Å². The summed E-state index contributed by atoms with van der Waals surface area (Å²) in [6.07, 6.45) is 1.26. The van der Waals surface area contributed by atoms with Crippen molar-refractivity contribution < 1.29 is 23.2 Å². The van der Waals surface area contributed by atoms with Crippen molar-refractivity contribution >= 4 is 15.9 Å². The molecule has 0 amide bonds.